The van der Waals surface area contributed by atoms with E-state index < -0.39 is 0 Å². The van der Waals surface area contributed by atoms with Crippen LogP contribution in [0.15, 0.2) is 17.1 Å². The van der Waals surface area contributed by atoms with Crippen LogP contribution in [-0.2, 0) is 10.8 Å². The van der Waals surface area contributed by atoms with E-state index in [9.17, 15) is 0 Å². The summed E-state index contributed by atoms with van der Waals surface area (Å²) in [6, 6.07) is 5.08. The highest BCUT2D eigenvalue weighted by Crippen LogP contribution is 2.38. The van der Waals surface area contributed by atoms with Gasteiger partial charge in [-0.1, -0.05) is 67.4 Å². The fourth-order valence-electron chi connectivity index (χ4n) is 3.74. The third-order valence-electron chi connectivity index (χ3n) is 5.55. The Bertz CT molecular complexity index is 631. The monoisotopic (exact) mass is 357 g/mol. The minimum absolute atomic E-state index is 0.0342. The van der Waals surface area contributed by atoms with Crippen molar-refractivity contribution >= 4 is 6.21 Å². The molecule has 2 unspecified atom stereocenters. The number of ether oxygens (including phenoxy) is 1. The Kier molecular flexibility index (Phi) is 6.58. The van der Waals surface area contributed by atoms with Crippen LogP contribution < -0.4 is 4.74 Å². The van der Waals surface area contributed by atoms with Crippen molar-refractivity contribution in [1.82, 2.24) is 0 Å². The Labute approximate surface area is 161 Å². The third-order valence-corrected chi connectivity index (χ3v) is 5.55. The summed E-state index contributed by atoms with van der Waals surface area (Å²) < 4.78 is 6.14. The maximum Gasteiger partial charge on any atom is 0.131 e. The molecule has 0 amide bonds. The van der Waals surface area contributed by atoms with Crippen LogP contribution in [0.3, 0.4) is 0 Å². The van der Waals surface area contributed by atoms with E-state index in [4.69, 9.17) is 9.73 Å². The van der Waals surface area contributed by atoms with Gasteiger partial charge in [-0.25, -0.2) is 0 Å². The van der Waals surface area contributed by atoms with E-state index in [2.05, 4.69) is 73.7 Å². The smallest absolute Gasteiger partial charge is 0.131 e. The molecule has 26 heavy (non-hydrogen) atoms. The lowest BCUT2D eigenvalue weighted by atomic mass is 9.79. The van der Waals surface area contributed by atoms with Crippen LogP contribution in [0, 0.1) is 5.92 Å². The molecule has 2 rings (SSSR count). The van der Waals surface area contributed by atoms with Gasteiger partial charge in [0.15, 0.2) is 0 Å². The second-order valence-corrected chi connectivity index (χ2v) is 9.98. The summed E-state index contributed by atoms with van der Waals surface area (Å²) in [4.78, 5) is 5.02. The molecule has 1 aliphatic rings. The number of aliphatic imine (C=N–C) groups is 1. The summed E-state index contributed by atoms with van der Waals surface area (Å²) in [7, 11) is 0. The van der Waals surface area contributed by atoms with Crippen molar-refractivity contribution in [3.8, 4) is 5.75 Å². The van der Waals surface area contributed by atoms with Crippen LogP contribution in [0.5, 0.6) is 5.75 Å². The number of benzene rings is 1. The van der Waals surface area contributed by atoms with Crippen LogP contribution >= 0.6 is 0 Å². The van der Waals surface area contributed by atoms with Crippen LogP contribution in [0.1, 0.15) is 97.8 Å². The first kappa shape index (κ1) is 21.0. The van der Waals surface area contributed by atoms with Gasteiger partial charge in [-0.15, -0.1) is 0 Å². The summed E-state index contributed by atoms with van der Waals surface area (Å²) >= 11 is 0. The molecule has 0 spiro atoms. The lowest BCUT2D eigenvalue weighted by molar-refractivity contribution is 0.327. The topological polar surface area (TPSA) is 21.6 Å². The van der Waals surface area contributed by atoms with E-state index in [-0.39, 0.29) is 10.8 Å². The molecule has 1 saturated carbocycles. The lowest BCUT2D eigenvalue weighted by Crippen LogP contribution is -2.21. The highest BCUT2D eigenvalue weighted by Gasteiger charge is 2.26. The Hall–Kier alpha value is -1.31. The fourth-order valence-corrected chi connectivity index (χ4v) is 3.74. The van der Waals surface area contributed by atoms with Crippen LogP contribution in [0.4, 0.5) is 0 Å². The number of hydrogen-bond acceptors (Lipinski definition) is 2. The summed E-state index contributed by atoms with van der Waals surface area (Å²) in [5, 5.41) is 0. The highest BCUT2D eigenvalue weighted by molar-refractivity contribution is 5.85. The molecule has 1 aliphatic carbocycles. The SMILES string of the molecule is CCOc1c(/C=N/C2CCCCC2C)cc(C(C)(C)C)cc1C(C)(C)C. The van der Waals surface area contributed by atoms with E-state index in [1.807, 2.05) is 0 Å². The Balaban J connectivity index is 2.53. The molecule has 0 heterocycles. The minimum atomic E-state index is 0.0342. The molecular formula is C24H39NO. The molecule has 146 valence electrons. The Morgan fingerprint density at radius 3 is 2.23 bits per heavy atom. The zero-order chi connectivity index (χ0) is 19.5. The van der Waals surface area contributed by atoms with Crippen molar-refractivity contribution in [3.05, 3.63) is 28.8 Å². The van der Waals surface area contributed by atoms with Crippen molar-refractivity contribution in [2.24, 2.45) is 10.9 Å². The molecule has 2 atom stereocenters. The van der Waals surface area contributed by atoms with Gasteiger partial charge in [0.05, 0.1) is 12.6 Å². The first-order chi connectivity index (χ1) is 12.0. The maximum absolute atomic E-state index is 6.14. The van der Waals surface area contributed by atoms with Gasteiger partial charge >= 0.3 is 0 Å². The molecule has 2 nitrogen and oxygen atoms in total. The molecule has 1 aromatic rings. The van der Waals surface area contributed by atoms with Gasteiger partial charge in [-0.2, -0.15) is 0 Å². The molecule has 0 bridgehead atoms. The molecule has 0 N–H and O–H groups in total. The lowest BCUT2D eigenvalue weighted by Gasteiger charge is -2.29. The van der Waals surface area contributed by atoms with Crippen molar-refractivity contribution in [1.29, 1.82) is 0 Å². The molecule has 0 aromatic heterocycles. The van der Waals surface area contributed by atoms with Gasteiger partial charge in [-0.3, -0.25) is 4.99 Å². The number of nitrogens with zero attached hydrogens (tertiary/aromatic N) is 1. The Morgan fingerprint density at radius 1 is 1.04 bits per heavy atom. The molecule has 1 fully saturated rings. The molecule has 0 aliphatic heterocycles. The van der Waals surface area contributed by atoms with Crippen LogP contribution in [0.2, 0.25) is 0 Å². The fraction of sp³-hybridized carbons (Fsp3) is 0.708. The minimum Gasteiger partial charge on any atom is -0.493 e. The predicted octanol–water partition coefficient (Wildman–Crippen LogP) is 6.68. The molecule has 0 radical (unpaired) electrons. The number of hydrogen-bond donors (Lipinski definition) is 0. The van der Waals surface area contributed by atoms with Crippen molar-refractivity contribution in [2.75, 3.05) is 6.61 Å². The van der Waals surface area contributed by atoms with Gasteiger partial charge < -0.3 is 4.74 Å². The van der Waals surface area contributed by atoms with Crippen molar-refractivity contribution in [2.45, 2.75) is 97.9 Å². The zero-order valence-electron chi connectivity index (χ0n) is 18.3. The molecule has 2 heteroatoms. The molecule has 1 aromatic carbocycles. The summed E-state index contributed by atoms with van der Waals surface area (Å²) in [6.07, 6.45) is 7.27. The first-order valence-electron chi connectivity index (χ1n) is 10.4. The third kappa shape index (κ3) is 5.11. The van der Waals surface area contributed by atoms with Crippen molar-refractivity contribution in [3.63, 3.8) is 0 Å². The average Bonchev–Trinajstić information content (AvgIpc) is 2.53. The quantitative estimate of drug-likeness (QED) is 0.551. The standard InChI is InChI=1S/C24H39NO/c1-9-26-22-18(16-25-21-13-11-10-12-17(21)2)14-19(23(3,4)5)15-20(22)24(6,7)8/h14-17,21H,9-13H2,1-8H3/b25-16+. The Morgan fingerprint density at radius 2 is 1.69 bits per heavy atom. The van der Waals surface area contributed by atoms with E-state index in [1.54, 1.807) is 0 Å². The summed E-state index contributed by atoms with van der Waals surface area (Å²) in [5.41, 5.74) is 3.91. The van der Waals surface area contributed by atoms with Gasteiger partial charge in [0.1, 0.15) is 5.75 Å². The van der Waals surface area contributed by atoms with Gasteiger partial charge in [0, 0.05) is 17.3 Å². The van der Waals surface area contributed by atoms with Gasteiger partial charge in [0.2, 0.25) is 0 Å². The molecular weight excluding hydrogens is 318 g/mol. The second kappa shape index (κ2) is 8.15. The van der Waals surface area contributed by atoms with E-state index in [1.165, 1.54) is 36.8 Å². The molecule has 0 saturated heterocycles. The maximum atomic E-state index is 6.14. The average molecular weight is 358 g/mol. The highest BCUT2D eigenvalue weighted by atomic mass is 16.5. The largest absolute Gasteiger partial charge is 0.493 e. The summed E-state index contributed by atoms with van der Waals surface area (Å²) in [6.45, 7) is 18.7. The van der Waals surface area contributed by atoms with E-state index >= 15 is 0 Å². The van der Waals surface area contributed by atoms with Crippen LogP contribution in [0.25, 0.3) is 0 Å². The number of rotatable bonds is 4. The first-order valence-corrected chi connectivity index (χ1v) is 10.4. The van der Waals surface area contributed by atoms with Gasteiger partial charge in [0.25, 0.3) is 0 Å². The second-order valence-electron chi connectivity index (χ2n) is 9.98. The van der Waals surface area contributed by atoms with E-state index in [0.717, 1.165) is 11.3 Å². The zero-order valence-corrected chi connectivity index (χ0v) is 18.3. The summed E-state index contributed by atoms with van der Waals surface area (Å²) in [5.74, 6) is 1.70. The van der Waals surface area contributed by atoms with Crippen LogP contribution in [-0.4, -0.2) is 18.9 Å². The normalized spacial score (nSPS) is 22.0. The van der Waals surface area contributed by atoms with Gasteiger partial charge in [-0.05, 0) is 48.1 Å². The van der Waals surface area contributed by atoms with E-state index in [0.29, 0.717) is 18.6 Å². The van der Waals surface area contributed by atoms with Crippen molar-refractivity contribution < 1.29 is 4.74 Å². The predicted molar refractivity (Wildman–Crippen MR) is 114 cm³/mol.